The molecule has 0 aromatic carbocycles. The lowest BCUT2D eigenvalue weighted by Gasteiger charge is -2.29. The van der Waals surface area contributed by atoms with Crippen molar-refractivity contribution in [2.45, 2.75) is 45.6 Å². The summed E-state index contributed by atoms with van der Waals surface area (Å²) in [6, 6.07) is 0. The molecule has 0 fully saturated rings. The zero-order valence-electron chi connectivity index (χ0n) is 14.0. The Morgan fingerprint density at radius 2 is 1.80 bits per heavy atom. The van der Waals surface area contributed by atoms with Gasteiger partial charge < -0.3 is 20.9 Å². The van der Waals surface area contributed by atoms with Gasteiger partial charge in [-0.25, -0.2) is 0 Å². The number of carbonyl (C=O) groups excluding carboxylic acids is 1. The average Bonchev–Trinajstić information content (AvgIpc) is 2.36. The zero-order valence-corrected chi connectivity index (χ0v) is 14.0. The van der Waals surface area contributed by atoms with Crippen molar-refractivity contribution in [3.63, 3.8) is 0 Å². The highest BCUT2D eigenvalue weighted by Gasteiger charge is 2.29. The average molecular weight is 286 g/mol. The second-order valence-corrected chi connectivity index (χ2v) is 5.98. The molecule has 0 spiro atoms. The first-order chi connectivity index (χ1) is 9.35. The third kappa shape index (κ3) is 7.82. The quantitative estimate of drug-likeness (QED) is 0.559. The molecule has 120 valence electrons. The maximum absolute atomic E-state index is 11.6. The fourth-order valence-corrected chi connectivity index (χ4v) is 2.34. The van der Waals surface area contributed by atoms with Gasteiger partial charge in [-0.2, -0.15) is 0 Å². The van der Waals surface area contributed by atoms with Gasteiger partial charge in [-0.05, 0) is 59.9 Å². The van der Waals surface area contributed by atoms with E-state index in [9.17, 15) is 4.79 Å². The molecule has 1 atom stereocenters. The van der Waals surface area contributed by atoms with Crippen LogP contribution >= 0.6 is 0 Å². The van der Waals surface area contributed by atoms with Gasteiger partial charge >= 0.3 is 0 Å². The van der Waals surface area contributed by atoms with Crippen LogP contribution in [0, 0.1) is 0 Å². The fraction of sp³-hybridized carbons (Fsp3) is 0.933. The third-order valence-electron chi connectivity index (χ3n) is 3.67. The van der Waals surface area contributed by atoms with Crippen LogP contribution < -0.4 is 11.1 Å². The summed E-state index contributed by atoms with van der Waals surface area (Å²) in [7, 11) is 4.19. The van der Waals surface area contributed by atoms with Crippen LogP contribution in [0.4, 0.5) is 0 Å². The maximum atomic E-state index is 11.6. The van der Waals surface area contributed by atoms with Crippen LogP contribution in [0.15, 0.2) is 0 Å². The van der Waals surface area contributed by atoms with E-state index in [4.69, 9.17) is 5.73 Å². The van der Waals surface area contributed by atoms with E-state index in [-0.39, 0.29) is 5.91 Å². The van der Waals surface area contributed by atoms with E-state index in [2.05, 4.69) is 36.1 Å². The molecule has 0 aliphatic carbocycles. The molecule has 0 saturated heterocycles. The summed E-state index contributed by atoms with van der Waals surface area (Å²) >= 11 is 0. The molecule has 0 radical (unpaired) electrons. The van der Waals surface area contributed by atoms with Crippen molar-refractivity contribution in [2.24, 2.45) is 5.73 Å². The molecular weight excluding hydrogens is 252 g/mol. The standard InChI is InChI=1S/C15H34N4O/c1-6-10-19(13-12-18(4)5)11-8-9-15(3,14(16)20)17-7-2/h17H,6-13H2,1-5H3,(H2,16,20). The highest BCUT2D eigenvalue weighted by Crippen LogP contribution is 2.12. The van der Waals surface area contributed by atoms with Crippen molar-refractivity contribution < 1.29 is 4.79 Å². The topological polar surface area (TPSA) is 61.6 Å². The normalized spacial score (nSPS) is 14.8. The van der Waals surface area contributed by atoms with Gasteiger partial charge in [0.25, 0.3) is 0 Å². The summed E-state index contributed by atoms with van der Waals surface area (Å²) in [6.45, 7) is 11.2. The SMILES string of the molecule is CCCN(CCCC(C)(NCC)C(N)=O)CCN(C)C. The van der Waals surface area contributed by atoms with Crippen molar-refractivity contribution in [3.05, 3.63) is 0 Å². The Labute approximate surface area is 124 Å². The van der Waals surface area contributed by atoms with Crippen LogP contribution in [0.1, 0.15) is 40.0 Å². The first kappa shape index (κ1) is 19.4. The summed E-state index contributed by atoms with van der Waals surface area (Å²) in [5.41, 5.74) is 4.93. The highest BCUT2D eigenvalue weighted by molar-refractivity contribution is 5.84. The predicted molar refractivity (Wildman–Crippen MR) is 85.8 cm³/mol. The van der Waals surface area contributed by atoms with E-state index in [1.807, 2.05) is 13.8 Å². The molecular formula is C15H34N4O. The lowest BCUT2D eigenvalue weighted by Crippen LogP contribution is -2.53. The number of rotatable bonds is 12. The molecule has 0 saturated carbocycles. The molecule has 3 N–H and O–H groups in total. The second kappa shape index (κ2) is 10.1. The Bertz CT molecular complexity index is 271. The molecule has 0 aromatic rings. The Hall–Kier alpha value is -0.650. The van der Waals surface area contributed by atoms with E-state index in [0.717, 1.165) is 52.0 Å². The number of nitrogens with zero attached hydrogens (tertiary/aromatic N) is 2. The van der Waals surface area contributed by atoms with E-state index < -0.39 is 5.54 Å². The molecule has 5 heteroatoms. The maximum Gasteiger partial charge on any atom is 0.237 e. The van der Waals surface area contributed by atoms with E-state index in [0.29, 0.717) is 0 Å². The molecule has 0 aliphatic rings. The molecule has 5 nitrogen and oxygen atoms in total. The van der Waals surface area contributed by atoms with Crippen molar-refractivity contribution in [1.29, 1.82) is 0 Å². The minimum atomic E-state index is -0.575. The van der Waals surface area contributed by atoms with Crippen LogP contribution in [0.3, 0.4) is 0 Å². The van der Waals surface area contributed by atoms with Crippen LogP contribution in [0.2, 0.25) is 0 Å². The van der Waals surface area contributed by atoms with Crippen molar-refractivity contribution in [2.75, 3.05) is 46.8 Å². The van der Waals surface area contributed by atoms with Crippen molar-refractivity contribution in [3.8, 4) is 0 Å². The van der Waals surface area contributed by atoms with E-state index in [1.54, 1.807) is 0 Å². The molecule has 1 amide bonds. The van der Waals surface area contributed by atoms with Gasteiger partial charge in [0, 0.05) is 13.1 Å². The third-order valence-corrected chi connectivity index (χ3v) is 3.67. The summed E-state index contributed by atoms with van der Waals surface area (Å²) < 4.78 is 0. The molecule has 0 aromatic heterocycles. The number of amides is 1. The Balaban J connectivity index is 4.22. The second-order valence-electron chi connectivity index (χ2n) is 5.98. The van der Waals surface area contributed by atoms with Crippen LogP contribution in [-0.2, 0) is 4.79 Å². The number of primary amides is 1. The lowest BCUT2D eigenvalue weighted by atomic mass is 9.94. The van der Waals surface area contributed by atoms with Gasteiger partial charge in [0.15, 0.2) is 0 Å². The lowest BCUT2D eigenvalue weighted by molar-refractivity contribution is -0.124. The minimum Gasteiger partial charge on any atom is -0.368 e. The molecule has 0 bridgehead atoms. The Morgan fingerprint density at radius 1 is 1.15 bits per heavy atom. The van der Waals surface area contributed by atoms with Crippen LogP contribution in [0.25, 0.3) is 0 Å². The highest BCUT2D eigenvalue weighted by atomic mass is 16.1. The first-order valence-electron chi connectivity index (χ1n) is 7.77. The summed E-state index contributed by atoms with van der Waals surface area (Å²) in [6.07, 6.45) is 2.94. The minimum absolute atomic E-state index is 0.255. The molecule has 0 aliphatic heterocycles. The van der Waals surface area contributed by atoms with Gasteiger partial charge in [-0.3, -0.25) is 4.79 Å². The predicted octanol–water partition coefficient (Wildman–Crippen LogP) is 0.894. The van der Waals surface area contributed by atoms with Gasteiger partial charge in [-0.15, -0.1) is 0 Å². The number of hydrogen-bond acceptors (Lipinski definition) is 4. The number of nitrogens with two attached hydrogens (primary N) is 1. The summed E-state index contributed by atoms with van der Waals surface area (Å²) in [4.78, 5) is 16.2. The zero-order chi connectivity index (χ0) is 15.6. The van der Waals surface area contributed by atoms with Crippen molar-refractivity contribution >= 4 is 5.91 Å². The van der Waals surface area contributed by atoms with Gasteiger partial charge in [0.05, 0.1) is 5.54 Å². The molecule has 0 heterocycles. The number of nitrogens with one attached hydrogen (secondary N) is 1. The number of hydrogen-bond donors (Lipinski definition) is 2. The smallest absolute Gasteiger partial charge is 0.237 e. The van der Waals surface area contributed by atoms with Gasteiger partial charge in [0.2, 0.25) is 5.91 Å². The van der Waals surface area contributed by atoms with Crippen molar-refractivity contribution in [1.82, 2.24) is 15.1 Å². The summed E-state index contributed by atoms with van der Waals surface area (Å²) in [5, 5.41) is 3.21. The number of likely N-dealkylation sites (N-methyl/N-ethyl adjacent to an activating group) is 2. The fourth-order valence-electron chi connectivity index (χ4n) is 2.34. The Kier molecular flexibility index (Phi) is 9.80. The monoisotopic (exact) mass is 286 g/mol. The summed E-state index contributed by atoms with van der Waals surface area (Å²) in [5.74, 6) is -0.255. The first-order valence-corrected chi connectivity index (χ1v) is 7.77. The molecule has 0 rings (SSSR count). The Morgan fingerprint density at radius 3 is 2.25 bits per heavy atom. The van der Waals surface area contributed by atoms with Gasteiger partial charge in [0.1, 0.15) is 0 Å². The van der Waals surface area contributed by atoms with E-state index >= 15 is 0 Å². The van der Waals surface area contributed by atoms with Gasteiger partial charge in [-0.1, -0.05) is 13.8 Å². The molecule has 1 unspecified atom stereocenters. The van der Waals surface area contributed by atoms with E-state index in [1.165, 1.54) is 0 Å². The molecule has 20 heavy (non-hydrogen) atoms. The largest absolute Gasteiger partial charge is 0.368 e. The van der Waals surface area contributed by atoms with Crippen LogP contribution in [-0.4, -0.2) is 68.1 Å². The number of carbonyl (C=O) groups is 1. The van der Waals surface area contributed by atoms with Crippen LogP contribution in [0.5, 0.6) is 0 Å².